The van der Waals surface area contributed by atoms with Gasteiger partial charge >= 0.3 is 0 Å². The van der Waals surface area contributed by atoms with Crippen molar-refractivity contribution in [1.29, 1.82) is 0 Å². The minimum Gasteiger partial charge on any atom is -0.342 e. The van der Waals surface area contributed by atoms with Gasteiger partial charge in [-0.25, -0.2) is 0 Å². The molecular formula is C25H46N2O. The van der Waals surface area contributed by atoms with Crippen LogP contribution in [0.3, 0.4) is 0 Å². The van der Waals surface area contributed by atoms with Crippen LogP contribution in [0.5, 0.6) is 0 Å². The van der Waals surface area contributed by atoms with Gasteiger partial charge in [-0.1, -0.05) is 26.7 Å². The Bertz CT molecular complexity index is 465. The van der Waals surface area contributed by atoms with E-state index < -0.39 is 0 Å². The summed E-state index contributed by atoms with van der Waals surface area (Å²) < 4.78 is 0. The lowest BCUT2D eigenvalue weighted by Gasteiger charge is -2.38. The van der Waals surface area contributed by atoms with Crippen LogP contribution in [-0.4, -0.2) is 47.9 Å². The Balaban J connectivity index is 1.32. The van der Waals surface area contributed by atoms with E-state index in [9.17, 15) is 4.79 Å². The van der Waals surface area contributed by atoms with Gasteiger partial charge in [-0.3, -0.25) is 4.79 Å². The van der Waals surface area contributed by atoms with Crippen LogP contribution in [-0.2, 0) is 4.79 Å². The highest BCUT2D eigenvalue weighted by atomic mass is 16.2. The SMILES string of the molecule is CC(C)C1CCC(C(=O)N2CCC(CCC3CCN(C(C)C)CC3)CC2)CC1. The molecule has 2 heterocycles. The van der Waals surface area contributed by atoms with Crippen molar-refractivity contribution in [1.82, 2.24) is 9.80 Å². The summed E-state index contributed by atoms with van der Waals surface area (Å²) in [4.78, 5) is 17.8. The van der Waals surface area contributed by atoms with Crippen LogP contribution in [0.25, 0.3) is 0 Å². The lowest BCUT2D eigenvalue weighted by molar-refractivity contribution is -0.138. The van der Waals surface area contributed by atoms with E-state index in [1.807, 2.05) is 0 Å². The molecule has 0 radical (unpaired) electrons. The van der Waals surface area contributed by atoms with Gasteiger partial charge in [0.2, 0.25) is 5.91 Å². The molecule has 3 heteroatoms. The highest BCUT2D eigenvalue weighted by Gasteiger charge is 2.32. The highest BCUT2D eigenvalue weighted by Crippen LogP contribution is 2.35. The van der Waals surface area contributed by atoms with Crippen LogP contribution < -0.4 is 0 Å². The molecule has 3 aliphatic rings. The maximum atomic E-state index is 12.9. The second kappa shape index (κ2) is 10.5. The topological polar surface area (TPSA) is 23.6 Å². The van der Waals surface area contributed by atoms with Crippen molar-refractivity contribution in [2.75, 3.05) is 26.2 Å². The summed E-state index contributed by atoms with van der Waals surface area (Å²) in [5.41, 5.74) is 0. The molecule has 2 saturated heterocycles. The number of carbonyl (C=O) groups is 1. The number of rotatable bonds is 6. The van der Waals surface area contributed by atoms with E-state index in [-0.39, 0.29) is 0 Å². The van der Waals surface area contributed by atoms with E-state index in [0.717, 1.165) is 49.6 Å². The van der Waals surface area contributed by atoms with E-state index in [0.29, 0.717) is 17.9 Å². The molecular weight excluding hydrogens is 344 g/mol. The molecule has 1 saturated carbocycles. The molecule has 3 rings (SSSR count). The minimum atomic E-state index is 0.331. The lowest BCUT2D eigenvalue weighted by Crippen LogP contribution is -2.43. The van der Waals surface area contributed by atoms with Gasteiger partial charge < -0.3 is 9.80 Å². The first-order chi connectivity index (χ1) is 13.4. The summed E-state index contributed by atoms with van der Waals surface area (Å²) >= 11 is 0. The molecule has 28 heavy (non-hydrogen) atoms. The Morgan fingerprint density at radius 2 is 1.25 bits per heavy atom. The zero-order chi connectivity index (χ0) is 20.1. The Labute approximate surface area is 174 Å². The zero-order valence-electron chi connectivity index (χ0n) is 19.2. The monoisotopic (exact) mass is 390 g/mol. The molecule has 0 atom stereocenters. The average Bonchev–Trinajstić information content (AvgIpc) is 2.72. The summed E-state index contributed by atoms with van der Waals surface area (Å²) in [5, 5.41) is 0. The van der Waals surface area contributed by atoms with Crippen molar-refractivity contribution in [3.8, 4) is 0 Å². The molecule has 0 spiro atoms. The number of amides is 1. The number of hydrogen-bond acceptors (Lipinski definition) is 2. The first-order valence-electron chi connectivity index (χ1n) is 12.5. The number of nitrogens with zero attached hydrogens (tertiary/aromatic N) is 2. The summed E-state index contributed by atoms with van der Waals surface area (Å²) in [6, 6.07) is 0.711. The fourth-order valence-corrected chi connectivity index (χ4v) is 5.96. The number of hydrogen-bond donors (Lipinski definition) is 0. The predicted molar refractivity (Wildman–Crippen MR) is 118 cm³/mol. The standard InChI is InChI=1S/C25H46N2O/c1-19(2)23-7-9-24(10-8-23)25(28)27-17-13-22(14-18-27)6-5-21-11-15-26(16-12-21)20(3)4/h19-24H,5-18H2,1-4H3. The normalized spacial score (nSPS) is 29.0. The van der Waals surface area contributed by atoms with Crippen LogP contribution in [0.15, 0.2) is 0 Å². The number of likely N-dealkylation sites (tertiary alicyclic amines) is 2. The average molecular weight is 391 g/mol. The molecule has 3 nitrogen and oxygen atoms in total. The quantitative estimate of drug-likeness (QED) is 0.590. The molecule has 1 amide bonds. The molecule has 162 valence electrons. The van der Waals surface area contributed by atoms with Crippen molar-refractivity contribution < 1.29 is 4.79 Å². The first kappa shape index (κ1) is 22.1. The lowest BCUT2D eigenvalue weighted by atomic mass is 9.76. The second-order valence-corrected chi connectivity index (χ2v) is 10.8. The zero-order valence-corrected chi connectivity index (χ0v) is 19.2. The maximum Gasteiger partial charge on any atom is 0.225 e. The van der Waals surface area contributed by atoms with E-state index in [1.165, 1.54) is 64.5 Å². The molecule has 0 aromatic heterocycles. The molecule has 0 N–H and O–H groups in total. The molecule has 0 bridgehead atoms. The summed E-state index contributed by atoms with van der Waals surface area (Å²) in [6.07, 6.45) is 12.9. The minimum absolute atomic E-state index is 0.331. The van der Waals surface area contributed by atoms with Crippen LogP contribution in [0.2, 0.25) is 0 Å². The number of carbonyl (C=O) groups excluding carboxylic acids is 1. The first-order valence-corrected chi connectivity index (χ1v) is 12.5. The Morgan fingerprint density at radius 3 is 1.71 bits per heavy atom. The maximum absolute atomic E-state index is 12.9. The van der Waals surface area contributed by atoms with Crippen molar-refractivity contribution in [3.63, 3.8) is 0 Å². The Hall–Kier alpha value is -0.570. The van der Waals surface area contributed by atoms with Crippen molar-refractivity contribution >= 4 is 5.91 Å². The third-order valence-electron chi connectivity index (χ3n) is 8.35. The highest BCUT2D eigenvalue weighted by molar-refractivity contribution is 5.79. The Morgan fingerprint density at radius 1 is 0.750 bits per heavy atom. The summed E-state index contributed by atoms with van der Waals surface area (Å²) in [6.45, 7) is 14.0. The molecule has 3 fully saturated rings. The van der Waals surface area contributed by atoms with Crippen molar-refractivity contribution in [3.05, 3.63) is 0 Å². The molecule has 0 unspecified atom stereocenters. The van der Waals surface area contributed by atoms with Gasteiger partial charge in [0.25, 0.3) is 0 Å². The van der Waals surface area contributed by atoms with Gasteiger partial charge in [-0.15, -0.1) is 0 Å². The molecule has 0 aromatic carbocycles. The largest absolute Gasteiger partial charge is 0.342 e. The summed E-state index contributed by atoms with van der Waals surface area (Å²) in [5.74, 6) is 4.26. The number of piperidine rings is 2. The van der Waals surface area contributed by atoms with E-state index >= 15 is 0 Å². The van der Waals surface area contributed by atoms with E-state index in [4.69, 9.17) is 0 Å². The molecule has 0 aromatic rings. The van der Waals surface area contributed by atoms with Crippen molar-refractivity contribution in [2.45, 2.75) is 97.9 Å². The van der Waals surface area contributed by atoms with Crippen LogP contribution in [0, 0.1) is 29.6 Å². The fourth-order valence-electron chi connectivity index (χ4n) is 5.96. The van der Waals surface area contributed by atoms with Gasteiger partial charge in [-0.2, -0.15) is 0 Å². The fraction of sp³-hybridized carbons (Fsp3) is 0.960. The van der Waals surface area contributed by atoms with Crippen molar-refractivity contribution in [2.24, 2.45) is 29.6 Å². The van der Waals surface area contributed by atoms with Crippen LogP contribution in [0.4, 0.5) is 0 Å². The molecule has 2 aliphatic heterocycles. The van der Waals surface area contributed by atoms with Gasteiger partial charge in [0, 0.05) is 25.0 Å². The third kappa shape index (κ3) is 5.97. The van der Waals surface area contributed by atoms with E-state index in [1.54, 1.807) is 0 Å². The summed E-state index contributed by atoms with van der Waals surface area (Å²) in [7, 11) is 0. The van der Waals surface area contributed by atoms with Crippen LogP contribution in [0.1, 0.15) is 91.9 Å². The van der Waals surface area contributed by atoms with Gasteiger partial charge in [0.15, 0.2) is 0 Å². The predicted octanol–water partition coefficient (Wildman–Crippen LogP) is 5.59. The molecule has 1 aliphatic carbocycles. The van der Waals surface area contributed by atoms with Gasteiger partial charge in [-0.05, 0) is 102 Å². The smallest absolute Gasteiger partial charge is 0.225 e. The van der Waals surface area contributed by atoms with Gasteiger partial charge in [0.1, 0.15) is 0 Å². The van der Waals surface area contributed by atoms with E-state index in [2.05, 4.69) is 37.5 Å². The third-order valence-corrected chi connectivity index (χ3v) is 8.35. The Kier molecular flexibility index (Phi) is 8.26. The van der Waals surface area contributed by atoms with Gasteiger partial charge in [0.05, 0.1) is 0 Å². The second-order valence-electron chi connectivity index (χ2n) is 10.8. The van der Waals surface area contributed by atoms with Crippen LogP contribution >= 0.6 is 0 Å².